The zero-order chi connectivity index (χ0) is 77.0. The van der Waals surface area contributed by atoms with Crippen molar-refractivity contribution in [3.8, 4) is 33.6 Å². The number of halogens is 2. The maximum atomic E-state index is 13.6. The monoisotopic (exact) mass is 1490 g/mol. The average Bonchev–Trinajstić information content (AvgIpc) is 1.63. The van der Waals surface area contributed by atoms with Crippen molar-refractivity contribution in [2.24, 2.45) is 18.9 Å². The summed E-state index contributed by atoms with van der Waals surface area (Å²) in [5.74, 6) is 1.79. The zero-order valence-electron chi connectivity index (χ0n) is 63.6. The molecular weight excluding hydrogens is 1400 g/mol. The van der Waals surface area contributed by atoms with Crippen molar-refractivity contribution >= 4 is 91.3 Å². The molecule has 5 N–H and O–H groups in total. The molecule has 24 heteroatoms. The molecule has 111 heavy (non-hydrogen) atoms. The summed E-state index contributed by atoms with van der Waals surface area (Å²) in [5, 5.41) is 32.1. The van der Waals surface area contributed by atoms with Crippen LogP contribution in [0.4, 0.5) is 60.4 Å². The lowest BCUT2D eigenvalue weighted by atomic mass is 9.84. The van der Waals surface area contributed by atoms with Gasteiger partial charge >= 0.3 is 0 Å². The molecule has 0 bridgehead atoms. The number of carbonyl (C=O) groups is 3. The third-order valence-corrected chi connectivity index (χ3v) is 22.8. The van der Waals surface area contributed by atoms with E-state index in [0.29, 0.717) is 77.5 Å². The number of pyridine rings is 6. The van der Waals surface area contributed by atoms with Gasteiger partial charge < -0.3 is 55.1 Å². The number of hydrogen-bond donors (Lipinski definition) is 5. The van der Waals surface area contributed by atoms with Gasteiger partial charge in [0.1, 0.15) is 46.0 Å². The molecule has 12 heterocycles. The van der Waals surface area contributed by atoms with E-state index >= 15 is 0 Å². The molecule has 3 aliphatic carbocycles. The molecule has 18 rings (SSSR count). The Balaban J connectivity index is 0.000000126. The number of aromatic nitrogens is 9. The van der Waals surface area contributed by atoms with Crippen LogP contribution < -0.4 is 30.7 Å². The zero-order valence-corrected chi connectivity index (χ0v) is 63.6. The predicted molar refractivity (Wildman–Crippen MR) is 431 cm³/mol. The van der Waals surface area contributed by atoms with Crippen molar-refractivity contribution in [3.05, 3.63) is 210 Å². The quantitative estimate of drug-likeness (QED) is 0.0604. The van der Waals surface area contributed by atoms with Crippen LogP contribution >= 0.6 is 0 Å². The van der Waals surface area contributed by atoms with Crippen LogP contribution in [0.3, 0.4) is 0 Å². The molecule has 3 aliphatic heterocycles. The Morgan fingerprint density at radius 3 is 1.35 bits per heavy atom. The minimum atomic E-state index is -0.690. The van der Waals surface area contributed by atoms with Crippen molar-refractivity contribution in [2.75, 3.05) is 97.2 Å². The van der Waals surface area contributed by atoms with Crippen LogP contribution in [0.1, 0.15) is 120 Å². The molecular formula is C87H92F2N16O6. The molecule has 12 aromatic rings. The normalized spacial score (nSPS) is 17.8. The van der Waals surface area contributed by atoms with E-state index in [1.165, 1.54) is 30.0 Å². The van der Waals surface area contributed by atoms with Gasteiger partial charge in [0.05, 0.1) is 64.4 Å². The second-order valence-corrected chi connectivity index (χ2v) is 31.4. The highest BCUT2D eigenvalue weighted by molar-refractivity contribution is 6.09. The van der Waals surface area contributed by atoms with Gasteiger partial charge in [-0.3, -0.25) is 23.2 Å². The number of ether oxygens (including phenoxy) is 1. The SMILES string of the molecule is CC(C)(O)[C@@H]1CCCN(c2ccc(Nc3ncc(-c4cnc5cc(F)ccn45)c4c3C(=O)CC4)cc2)C1.CC(C)(O)[C@H]1CCCN(c2ccc(Nc3ncc(-c4cnc5cc(F)ccn45)c4c3C(=O)CC4)cc2)C1.CN(C)C[C@H]1CN(c2ccc(Nc3ncc(-c4ccnc5c4ccn5C)c4c3C(=O)CC4)cc2)CCO1. The Morgan fingerprint density at radius 2 is 0.919 bits per heavy atom. The minimum Gasteiger partial charge on any atom is -0.390 e. The first kappa shape index (κ1) is 73.8. The topological polar surface area (TPSA) is 241 Å². The number of carbonyl (C=O) groups excluding carboxylic acids is 3. The van der Waals surface area contributed by atoms with Gasteiger partial charge in [-0.2, -0.15) is 0 Å². The van der Waals surface area contributed by atoms with Gasteiger partial charge in [0.15, 0.2) is 17.3 Å². The van der Waals surface area contributed by atoms with Crippen LogP contribution in [0.2, 0.25) is 0 Å². The number of hydrogen-bond acceptors (Lipinski definition) is 19. The molecule has 0 radical (unpaired) electrons. The summed E-state index contributed by atoms with van der Waals surface area (Å²) in [6.07, 6.45) is 23.7. The Hall–Kier alpha value is -11.3. The summed E-state index contributed by atoms with van der Waals surface area (Å²) in [4.78, 5) is 75.2. The van der Waals surface area contributed by atoms with E-state index in [2.05, 4.69) is 129 Å². The van der Waals surface area contributed by atoms with Crippen LogP contribution in [0.25, 0.3) is 56.0 Å². The third kappa shape index (κ3) is 15.3. The van der Waals surface area contributed by atoms with Gasteiger partial charge in [0, 0.05) is 196 Å². The first-order valence-electron chi connectivity index (χ1n) is 38.4. The number of benzene rings is 3. The number of aliphatic hydroxyl groups is 2. The van der Waals surface area contributed by atoms with E-state index in [4.69, 9.17) is 9.72 Å². The summed E-state index contributed by atoms with van der Waals surface area (Å²) in [7, 11) is 6.14. The van der Waals surface area contributed by atoms with Crippen molar-refractivity contribution in [1.82, 2.24) is 48.2 Å². The summed E-state index contributed by atoms with van der Waals surface area (Å²) in [6, 6.07) is 34.3. The molecule has 0 unspecified atom stereocenters. The number of nitrogens with zero attached hydrogens (tertiary/aromatic N) is 13. The fourth-order valence-corrected chi connectivity index (χ4v) is 16.8. The summed E-state index contributed by atoms with van der Waals surface area (Å²) >= 11 is 0. The largest absolute Gasteiger partial charge is 0.390 e. The van der Waals surface area contributed by atoms with E-state index in [0.717, 1.165) is 174 Å². The van der Waals surface area contributed by atoms with Gasteiger partial charge in [-0.1, -0.05) is 0 Å². The van der Waals surface area contributed by atoms with Crippen molar-refractivity contribution in [3.63, 3.8) is 0 Å². The predicted octanol–water partition coefficient (Wildman–Crippen LogP) is 15.1. The standard InChI is InChI=1S/2C29H30FN5O2.C29H32N6O2/c2*1-29(2,37)18-4-3-12-34(17-18)21-7-5-20(6-8-21)33-28-27-22(9-10-25(27)36)23(15-32-28)24-16-31-26-14-19(30)11-13-35(24)26;1-33(2)17-21-18-35(14-15-37-21)20-6-4-19(5-7-20)32-28-27-23(8-9-26(27)36)25(16-31-28)22-10-12-30-29-24(22)11-13-34(29)3/h2*5-8,11,13-16,18,37H,3-4,9-10,12,17H2,1-2H3,(H,32,33);4-7,10-13,16,21H,8-9,14-15,17-18H2,1-3H3,(H,31,32)/t2*18-;21-/m100/s1. The summed E-state index contributed by atoms with van der Waals surface area (Å²) < 4.78 is 38.9. The molecule has 0 spiro atoms. The number of fused-ring (bicyclic) bond motifs is 6. The second kappa shape index (κ2) is 30.5. The second-order valence-electron chi connectivity index (χ2n) is 31.4. The molecule has 0 amide bonds. The lowest BCUT2D eigenvalue weighted by molar-refractivity contribution is 0.0106. The lowest BCUT2D eigenvalue weighted by Gasteiger charge is -2.39. The molecule has 3 atom stereocenters. The van der Waals surface area contributed by atoms with Crippen LogP contribution in [0, 0.1) is 23.5 Å². The van der Waals surface area contributed by atoms with Crippen LogP contribution in [-0.4, -0.2) is 160 Å². The maximum Gasteiger partial charge on any atom is 0.167 e. The van der Waals surface area contributed by atoms with Crippen LogP contribution in [-0.2, 0) is 31.0 Å². The van der Waals surface area contributed by atoms with Crippen molar-refractivity contribution < 1.29 is 38.1 Å². The Morgan fingerprint density at radius 1 is 0.495 bits per heavy atom. The number of Topliss-reactive ketones (excluding diaryl/α,β-unsaturated/α-hetero) is 3. The van der Waals surface area contributed by atoms with E-state index in [1.54, 1.807) is 37.2 Å². The van der Waals surface area contributed by atoms with Gasteiger partial charge in [0.25, 0.3) is 0 Å². The molecule has 3 fully saturated rings. The van der Waals surface area contributed by atoms with E-state index in [1.807, 2.05) is 97.0 Å². The fraction of sp³-hybridized carbons (Fsp3) is 0.345. The van der Waals surface area contributed by atoms with Crippen molar-refractivity contribution in [1.29, 1.82) is 0 Å². The van der Waals surface area contributed by atoms with Crippen LogP contribution in [0.5, 0.6) is 0 Å². The first-order valence-corrected chi connectivity index (χ1v) is 38.4. The summed E-state index contributed by atoms with van der Waals surface area (Å²) in [5.41, 5.74) is 16.8. The molecule has 0 saturated carbocycles. The Bertz CT molecular complexity index is 5280. The smallest absolute Gasteiger partial charge is 0.167 e. The molecule has 6 aliphatic rings. The highest BCUT2D eigenvalue weighted by Gasteiger charge is 2.36. The fourth-order valence-electron chi connectivity index (χ4n) is 16.8. The number of morpholine rings is 1. The number of likely N-dealkylation sites (N-methyl/N-ethyl adjacent to an activating group) is 1. The number of nitrogens with one attached hydrogen (secondary N) is 3. The molecule has 3 aromatic carbocycles. The Labute approximate surface area is 643 Å². The maximum absolute atomic E-state index is 13.6. The number of rotatable bonds is 16. The average molecular weight is 1500 g/mol. The number of aryl methyl sites for hydroxylation is 1. The van der Waals surface area contributed by atoms with Gasteiger partial charge in [0.2, 0.25) is 0 Å². The number of anilines is 9. The third-order valence-electron chi connectivity index (χ3n) is 22.8. The minimum absolute atomic E-state index is 0.0642. The number of ketones is 3. The number of piperidine rings is 2. The van der Waals surface area contributed by atoms with E-state index in [9.17, 15) is 33.4 Å². The molecule has 9 aromatic heterocycles. The van der Waals surface area contributed by atoms with E-state index < -0.39 is 11.2 Å². The van der Waals surface area contributed by atoms with Crippen molar-refractivity contribution in [2.45, 2.75) is 109 Å². The van der Waals surface area contributed by atoms with Gasteiger partial charge in [-0.25, -0.2) is 38.7 Å². The molecule has 22 nitrogen and oxygen atoms in total. The summed E-state index contributed by atoms with van der Waals surface area (Å²) in [6.45, 7) is 14.6. The first-order chi connectivity index (χ1) is 53.5. The highest BCUT2D eigenvalue weighted by Crippen LogP contribution is 2.43. The number of imidazole rings is 2. The van der Waals surface area contributed by atoms with Gasteiger partial charge in [-0.05, 0) is 206 Å². The van der Waals surface area contributed by atoms with E-state index in [-0.39, 0.29) is 46.9 Å². The highest BCUT2D eigenvalue weighted by atomic mass is 19.1. The Kier molecular flexibility index (Phi) is 20.3. The van der Waals surface area contributed by atoms with Gasteiger partial charge in [-0.15, -0.1) is 0 Å². The molecule has 570 valence electrons. The lowest BCUT2D eigenvalue weighted by Crippen LogP contribution is -2.46. The van der Waals surface area contributed by atoms with Crippen LogP contribution in [0.15, 0.2) is 165 Å². The molecule has 3 saturated heterocycles.